The van der Waals surface area contributed by atoms with Crippen LogP contribution in [0.2, 0.25) is 0 Å². The van der Waals surface area contributed by atoms with Crippen LogP contribution in [0.5, 0.6) is 11.5 Å². The smallest absolute Gasteiger partial charge is 0.161 e. The van der Waals surface area contributed by atoms with Gasteiger partial charge in [0.15, 0.2) is 11.5 Å². The molecule has 27 heavy (non-hydrogen) atoms. The predicted molar refractivity (Wildman–Crippen MR) is 109 cm³/mol. The maximum Gasteiger partial charge on any atom is 0.161 e. The number of aliphatic hydroxyl groups excluding tert-OH is 1. The first-order valence-corrected chi connectivity index (χ1v) is 11.0. The summed E-state index contributed by atoms with van der Waals surface area (Å²) in [4.78, 5) is 4.71. The number of benzene rings is 1. The first-order valence-electron chi connectivity index (χ1n) is 9.82. The minimum absolute atomic E-state index is 0.281. The first kappa shape index (κ1) is 20.7. The SMILES string of the molecule is COc1cc(CN2CCCOCC2)ccc1OC[C@H](O)CN1CCSCC1. The highest BCUT2D eigenvalue weighted by Crippen LogP contribution is 2.29. The fourth-order valence-electron chi connectivity index (χ4n) is 3.46. The van der Waals surface area contributed by atoms with E-state index in [9.17, 15) is 5.11 Å². The van der Waals surface area contributed by atoms with Crippen LogP contribution in [0.15, 0.2) is 18.2 Å². The zero-order chi connectivity index (χ0) is 18.9. The van der Waals surface area contributed by atoms with E-state index >= 15 is 0 Å². The molecule has 0 spiro atoms. The van der Waals surface area contributed by atoms with Crippen LogP contribution < -0.4 is 9.47 Å². The van der Waals surface area contributed by atoms with Crippen LogP contribution in [0, 0.1) is 0 Å². The number of thioether (sulfide) groups is 1. The van der Waals surface area contributed by atoms with E-state index < -0.39 is 6.10 Å². The number of aliphatic hydroxyl groups is 1. The number of nitrogens with zero attached hydrogens (tertiary/aromatic N) is 2. The number of methoxy groups -OCH3 is 1. The van der Waals surface area contributed by atoms with Crippen molar-refractivity contribution in [2.45, 2.75) is 19.1 Å². The van der Waals surface area contributed by atoms with E-state index in [-0.39, 0.29) is 6.61 Å². The third-order valence-corrected chi connectivity index (χ3v) is 5.90. The number of hydrogen-bond donors (Lipinski definition) is 1. The Hall–Kier alpha value is -0.990. The van der Waals surface area contributed by atoms with Crippen LogP contribution in [0.1, 0.15) is 12.0 Å². The lowest BCUT2D eigenvalue weighted by molar-refractivity contribution is 0.0704. The Kier molecular flexibility index (Phi) is 8.54. The van der Waals surface area contributed by atoms with Gasteiger partial charge in [-0.05, 0) is 24.1 Å². The molecule has 1 aromatic rings. The Balaban J connectivity index is 1.50. The standard InChI is InChI=1S/C20H32N2O4S/c1-24-20-13-17(14-21-5-2-9-25-10-6-21)3-4-19(20)26-16-18(23)15-22-7-11-27-12-8-22/h3-4,13,18,23H,2,5-12,14-16H2,1H3/t18-/m1/s1. The van der Waals surface area contributed by atoms with Gasteiger partial charge in [0.25, 0.3) is 0 Å². The van der Waals surface area contributed by atoms with E-state index in [2.05, 4.69) is 15.9 Å². The molecular weight excluding hydrogens is 364 g/mol. The van der Waals surface area contributed by atoms with Crippen molar-refractivity contribution in [3.63, 3.8) is 0 Å². The molecule has 1 aromatic carbocycles. The van der Waals surface area contributed by atoms with Crippen LogP contribution in [-0.2, 0) is 11.3 Å². The normalized spacial score (nSPS) is 20.8. The summed E-state index contributed by atoms with van der Waals surface area (Å²) in [6.07, 6.45) is 0.584. The molecule has 2 aliphatic heterocycles. The second-order valence-corrected chi connectivity index (χ2v) is 8.33. The van der Waals surface area contributed by atoms with Crippen molar-refractivity contribution in [3.05, 3.63) is 23.8 Å². The molecule has 6 nitrogen and oxygen atoms in total. The number of β-amino-alcohol motifs (C(OH)–C–C–N with tert-alkyl or cyclic N) is 1. The second kappa shape index (κ2) is 11.1. The van der Waals surface area contributed by atoms with E-state index in [0.29, 0.717) is 12.3 Å². The third-order valence-electron chi connectivity index (χ3n) is 4.95. The summed E-state index contributed by atoms with van der Waals surface area (Å²) < 4.78 is 16.9. The highest BCUT2D eigenvalue weighted by molar-refractivity contribution is 7.99. The maximum absolute atomic E-state index is 10.3. The molecule has 0 saturated carbocycles. The van der Waals surface area contributed by atoms with Gasteiger partial charge in [-0.25, -0.2) is 0 Å². The van der Waals surface area contributed by atoms with E-state index in [1.807, 2.05) is 23.9 Å². The predicted octanol–water partition coefficient (Wildman–Crippen LogP) is 1.71. The lowest BCUT2D eigenvalue weighted by Gasteiger charge is -2.28. The van der Waals surface area contributed by atoms with E-state index in [1.165, 1.54) is 5.56 Å². The van der Waals surface area contributed by atoms with Crippen LogP contribution in [0.4, 0.5) is 0 Å². The molecule has 0 unspecified atom stereocenters. The number of ether oxygens (including phenoxy) is 3. The summed E-state index contributed by atoms with van der Waals surface area (Å²) in [5.74, 6) is 3.70. The number of rotatable bonds is 8. The molecule has 2 heterocycles. The van der Waals surface area contributed by atoms with Gasteiger partial charge in [-0.2, -0.15) is 11.8 Å². The van der Waals surface area contributed by atoms with Crippen LogP contribution in [-0.4, -0.2) is 92.2 Å². The molecule has 2 saturated heterocycles. The molecule has 0 bridgehead atoms. The van der Waals surface area contributed by atoms with Crippen molar-refractivity contribution >= 4 is 11.8 Å². The summed E-state index contributed by atoms with van der Waals surface area (Å²) in [5, 5.41) is 10.3. The van der Waals surface area contributed by atoms with Gasteiger partial charge in [0.2, 0.25) is 0 Å². The Morgan fingerprint density at radius 3 is 2.78 bits per heavy atom. The highest BCUT2D eigenvalue weighted by Gasteiger charge is 2.17. The first-order chi connectivity index (χ1) is 13.2. The topological polar surface area (TPSA) is 54.4 Å². The molecule has 0 aromatic heterocycles. The molecule has 0 radical (unpaired) electrons. The Morgan fingerprint density at radius 2 is 1.96 bits per heavy atom. The maximum atomic E-state index is 10.3. The minimum atomic E-state index is -0.491. The van der Waals surface area contributed by atoms with Gasteiger partial charge in [-0.3, -0.25) is 9.80 Å². The molecule has 2 aliphatic rings. The average Bonchev–Trinajstić information content (AvgIpc) is 2.96. The lowest BCUT2D eigenvalue weighted by atomic mass is 10.2. The summed E-state index contributed by atoms with van der Waals surface area (Å²) >= 11 is 1.97. The quantitative estimate of drug-likeness (QED) is 0.718. The lowest BCUT2D eigenvalue weighted by Crippen LogP contribution is -2.40. The van der Waals surface area contributed by atoms with Crippen molar-refractivity contribution in [3.8, 4) is 11.5 Å². The molecule has 0 aliphatic carbocycles. The monoisotopic (exact) mass is 396 g/mol. The van der Waals surface area contributed by atoms with Gasteiger partial charge in [0.05, 0.1) is 13.7 Å². The van der Waals surface area contributed by atoms with Crippen molar-refractivity contribution in [2.24, 2.45) is 0 Å². The summed E-state index contributed by atoms with van der Waals surface area (Å²) in [7, 11) is 1.66. The molecule has 152 valence electrons. The van der Waals surface area contributed by atoms with Crippen molar-refractivity contribution < 1.29 is 19.3 Å². The van der Waals surface area contributed by atoms with Crippen LogP contribution >= 0.6 is 11.8 Å². The van der Waals surface area contributed by atoms with Crippen molar-refractivity contribution in [2.75, 3.05) is 71.2 Å². The summed E-state index contributed by atoms with van der Waals surface area (Å²) in [6.45, 7) is 7.58. The Labute approximate surface area is 166 Å². The third kappa shape index (κ3) is 6.84. The van der Waals surface area contributed by atoms with Crippen molar-refractivity contribution in [1.29, 1.82) is 0 Å². The van der Waals surface area contributed by atoms with E-state index in [4.69, 9.17) is 14.2 Å². The summed E-state index contributed by atoms with van der Waals surface area (Å²) in [6, 6.07) is 6.07. The molecule has 1 atom stereocenters. The second-order valence-electron chi connectivity index (χ2n) is 7.11. The highest BCUT2D eigenvalue weighted by atomic mass is 32.2. The van der Waals surface area contributed by atoms with E-state index in [1.54, 1.807) is 7.11 Å². The fourth-order valence-corrected chi connectivity index (χ4v) is 4.44. The molecular formula is C20H32N2O4S. The molecule has 7 heteroatoms. The number of hydrogen-bond acceptors (Lipinski definition) is 7. The van der Waals surface area contributed by atoms with Gasteiger partial charge in [-0.15, -0.1) is 0 Å². The summed E-state index contributed by atoms with van der Waals surface area (Å²) in [5.41, 5.74) is 1.20. The van der Waals surface area contributed by atoms with Gasteiger partial charge < -0.3 is 19.3 Å². The molecule has 0 amide bonds. The van der Waals surface area contributed by atoms with Crippen LogP contribution in [0.3, 0.4) is 0 Å². The molecule has 2 fully saturated rings. The minimum Gasteiger partial charge on any atom is -0.493 e. The zero-order valence-electron chi connectivity index (χ0n) is 16.3. The van der Waals surface area contributed by atoms with E-state index in [0.717, 1.165) is 69.6 Å². The molecule has 1 N–H and O–H groups in total. The molecule has 3 rings (SSSR count). The largest absolute Gasteiger partial charge is 0.493 e. The van der Waals surface area contributed by atoms with Gasteiger partial charge >= 0.3 is 0 Å². The van der Waals surface area contributed by atoms with Gasteiger partial charge in [0.1, 0.15) is 12.7 Å². The average molecular weight is 397 g/mol. The van der Waals surface area contributed by atoms with Crippen LogP contribution in [0.25, 0.3) is 0 Å². The Morgan fingerprint density at radius 1 is 1.11 bits per heavy atom. The Bertz CT molecular complexity index is 561. The van der Waals surface area contributed by atoms with Gasteiger partial charge in [-0.1, -0.05) is 6.07 Å². The fraction of sp³-hybridized carbons (Fsp3) is 0.700. The van der Waals surface area contributed by atoms with Gasteiger partial charge in [0, 0.05) is 57.4 Å². The zero-order valence-corrected chi connectivity index (χ0v) is 17.1. The van der Waals surface area contributed by atoms with Crippen molar-refractivity contribution in [1.82, 2.24) is 9.80 Å².